The van der Waals surface area contributed by atoms with Gasteiger partial charge in [-0.15, -0.1) is 11.3 Å². The minimum absolute atomic E-state index is 0.0136. The van der Waals surface area contributed by atoms with Crippen LogP contribution in [0.4, 0.5) is 5.13 Å². The van der Waals surface area contributed by atoms with Crippen molar-refractivity contribution >= 4 is 28.3 Å². The van der Waals surface area contributed by atoms with Gasteiger partial charge >= 0.3 is 0 Å². The molecule has 1 aromatic heterocycles. The van der Waals surface area contributed by atoms with Gasteiger partial charge < -0.3 is 16.8 Å². The van der Waals surface area contributed by atoms with E-state index in [4.69, 9.17) is 11.5 Å². The zero-order valence-electron chi connectivity index (χ0n) is 16.2. The van der Waals surface area contributed by atoms with Crippen molar-refractivity contribution < 1.29 is 4.79 Å². The van der Waals surface area contributed by atoms with Gasteiger partial charge in [0.25, 0.3) is 0 Å². The van der Waals surface area contributed by atoms with E-state index < -0.39 is 0 Å². The van der Waals surface area contributed by atoms with E-state index in [1.807, 2.05) is 30.4 Å². The van der Waals surface area contributed by atoms with Crippen molar-refractivity contribution in [3.8, 4) is 11.8 Å². The Hall–Kier alpha value is -3.37. The van der Waals surface area contributed by atoms with Gasteiger partial charge in [0.15, 0.2) is 11.1 Å². The average Bonchev–Trinajstić information content (AvgIpc) is 2.89. The molecule has 0 spiro atoms. The van der Waals surface area contributed by atoms with E-state index in [1.165, 1.54) is 23.8 Å². The number of nitrogens with zero attached hydrogens (tertiary/aromatic N) is 2. The number of aliphatic imine (C=N–C) groups is 1. The number of carbonyl (C=O) groups excluding carboxylic acids is 1. The largest absolute Gasteiger partial charge is 0.370 e. The third-order valence-electron chi connectivity index (χ3n) is 4.21. The summed E-state index contributed by atoms with van der Waals surface area (Å²) < 4.78 is 0. The Morgan fingerprint density at radius 1 is 1.31 bits per heavy atom. The lowest BCUT2D eigenvalue weighted by molar-refractivity contribution is -0.114. The molecule has 6 nitrogen and oxygen atoms in total. The van der Waals surface area contributed by atoms with Crippen molar-refractivity contribution in [2.75, 3.05) is 5.32 Å². The molecule has 1 unspecified atom stereocenters. The van der Waals surface area contributed by atoms with E-state index in [1.54, 1.807) is 6.08 Å². The lowest BCUT2D eigenvalue weighted by Crippen LogP contribution is -2.22. The molecule has 0 saturated carbocycles. The first-order valence-electron chi connectivity index (χ1n) is 9.29. The van der Waals surface area contributed by atoms with Crippen molar-refractivity contribution in [1.29, 1.82) is 0 Å². The van der Waals surface area contributed by atoms with Gasteiger partial charge in [-0.05, 0) is 24.5 Å². The summed E-state index contributed by atoms with van der Waals surface area (Å²) in [6.45, 7) is 1.49. The van der Waals surface area contributed by atoms with Crippen LogP contribution >= 0.6 is 11.3 Å². The molecule has 0 fully saturated rings. The van der Waals surface area contributed by atoms with Crippen LogP contribution in [0.2, 0.25) is 0 Å². The third-order valence-corrected chi connectivity index (χ3v) is 5.22. The predicted molar refractivity (Wildman–Crippen MR) is 118 cm³/mol. The molecule has 7 heteroatoms. The minimum atomic E-state index is -0.118. The first-order chi connectivity index (χ1) is 14.0. The van der Waals surface area contributed by atoms with Gasteiger partial charge in [0.2, 0.25) is 5.91 Å². The number of guanidine groups is 1. The number of aromatic nitrogens is 1. The maximum atomic E-state index is 11.4. The Bertz CT molecular complexity index is 1020. The summed E-state index contributed by atoms with van der Waals surface area (Å²) in [4.78, 5) is 21.3. The predicted octanol–water partition coefficient (Wildman–Crippen LogP) is 2.97. The highest BCUT2D eigenvalue weighted by Crippen LogP contribution is 2.28. The van der Waals surface area contributed by atoms with E-state index in [0.29, 0.717) is 10.8 Å². The molecule has 148 valence electrons. The van der Waals surface area contributed by atoms with Gasteiger partial charge in [0.05, 0.1) is 11.4 Å². The molecule has 3 rings (SSSR count). The van der Waals surface area contributed by atoms with E-state index in [-0.39, 0.29) is 17.8 Å². The highest BCUT2D eigenvalue weighted by molar-refractivity contribution is 7.15. The molecule has 0 radical (unpaired) electrons. The fourth-order valence-electron chi connectivity index (χ4n) is 2.91. The molecule has 5 N–H and O–H groups in total. The molecule has 2 aromatic rings. The van der Waals surface area contributed by atoms with Gasteiger partial charge in [-0.1, -0.05) is 48.2 Å². The first kappa shape index (κ1) is 20.4. The number of aryl methyl sites for hydroxylation is 1. The van der Waals surface area contributed by atoms with Crippen molar-refractivity contribution in [3.63, 3.8) is 0 Å². The molecule has 1 amide bonds. The summed E-state index contributed by atoms with van der Waals surface area (Å²) in [7, 11) is 0. The molecule has 1 atom stereocenters. The van der Waals surface area contributed by atoms with E-state index >= 15 is 0 Å². The van der Waals surface area contributed by atoms with Crippen LogP contribution in [-0.4, -0.2) is 16.9 Å². The standard InChI is InChI=1S/C22H23N5OS/c1-15(28)25-22-27-19(20(29-22)14-17-6-3-2-4-7-17)13-11-16-8-5-9-18(12-10-16)26-21(23)24/h2-4,6-7,9-10,12,16H,11,13-14H2,1H3,(H4,23,24,26)(H,25,27,28). The molecular formula is C22H23N5OS. The summed E-state index contributed by atoms with van der Waals surface area (Å²) >= 11 is 1.53. The fraction of sp³-hybridized carbons (Fsp3) is 0.227. The molecule has 1 aliphatic rings. The third kappa shape index (κ3) is 6.33. The van der Waals surface area contributed by atoms with Gasteiger partial charge in [-0.3, -0.25) is 4.79 Å². The topological polar surface area (TPSA) is 106 Å². The zero-order chi connectivity index (χ0) is 20.6. The van der Waals surface area contributed by atoms with Crippen LogP contribution in [-0.2, 0) is 17.6 Å². The maximum absolute atomic E-state index is 11.4. The number of anilines is 1. The number of benzene rings is 1. The average molecular weight is 406 g/mol. The van der Waals surface area contributed by atoms with E-state index in [2.05, 4.69) is 39.3 Å². The second kappa shape index (κ2) is 9.71. The number of amides is 1. The maximum Gasteiger partial charge on any atom is 0.223 e. The molecule has 0 aliphatic heterocycles. The number of rotatable bonds is 7. The Morgan fingerprint density at radius 2 is 2.10 bits per heavy atom. The molecule has 29 heavy (non-hydrogen) atoms. The normalized spacial score (nSPS) is 14.9. The summed E-state index contributed by atoms with van der Waals surface area (Å²) in [6.07, 6.45) is 7.95. The number of hydrogen-bond donors (Lipinski definition) is 3. The Labute approximate surface area is 174 Å². The number of carbonyl (C=O) groups is 1. The number of allylic oxidation sites excluding steroid dienone is 3. The second-order valence-corrected chi connectivity index (χ2v) is 7.71. The highest BCUT2D eigenvalue weighted by Gasteiger charge is 2.14. The van der Waals surface area contributed by atoms with Crippen LogP contribution in [0.15, 0.2) is 59.2 Å². The van der Waals surface area contributed by atoms with Crippen LogP contribution in [0, 0.1) is 17.8 Å². The summed E-state index contributed by atoms with van der Waals surface area (Å²) in [5, 5.41) is 3.44. The van der Waals surface area contributed by atoms with Gasteiger partial charge in [0.1, 0.15) is 0 Å². The highest BCUT2D eigenvalue weighted by atomic mass is 32.1. The summed E-state index contributed by atoms with van der Waals surface area (Å²) in [5.41, 5.74) is 13.7. The molecule has 1 aliphatic carbocycles. The van der Waals surface area contributed by atoms with Crippen molar-refractivity contribution in [1.82, 2.24) is 4.98 Å². The van der Waals surface area contributed by atoms with Crippen LogP contribution in [0.3, 0.4) is 0 Å². The SMILES string of the molecule is CC(=O)Nc1nc(CCC2C#CC=C(N=C(N)N)C=C2)c(Cc2ccccc2)s1. The zero-order valence-corrected chi connectivity index (χ0v) is 17.0. The number of thiazole rings is 1. The van der Waals surface area contributed by atoms with E-state index in [0.717, 1.165) is 29.8 Å². The fourth-order valence-corrected chi connectivity index (χ4v) is 4.00. The Kier molecular flexibility index (Phi) is 6.82. The molecule has 0 bridgehead atoms. The van der Waals surface area contributed by atoms with Gasteiger partial charge in [-0.2, -0.15) is 0 Å². The Morgan fingerprint density at radius 3 is 2.83 bits per heavy atom. The monoisotopic (exact) mass is 405 g/mol. The van der Waals surface area contributed by atoms with Crippen molar-refractivity contribution in [3.05, 3.63) is 70.4 Å². The lowest BCUT2D eigenvalue weighted by Gasteiger charge is -2.06. The number of nitrogens with one attached hydrogen (secondary N) is 1. The van der Waals surface area contributed by atoms with Crippen LogP contribution in [0.25, 0.3) is 0 Å². The Balaban J connectivity index is 1.72. The van der Waals surface area contributed by atoms with Gasteiger partial charge in [-0.25, -0.2) is 9.98 Å². The number of nitrogens with two attached hydrogens (primary N) is 2. The van der Waals surface area contributed by atoms with Crippen LogP contribution in [0.1, 0.15) is 29.5 Å². The van der Waals surface area contributed by atoms with Crippen LogP contribution < -0.4 is 16.8 Å². The van der Waals surface area contributed by atoms with Crippen molar-refractivity contribution in [2.24, 2.45) is 22.4 Å². The summed E-state index contributed by atoms with van der Waals surface area (Å²) in [5.74, 6) is 6.19. The molecule has 1 aromatic carbocycles. The second-order valence-electron chi connectivity index (χ2n) is 6.63. The van der Waals surface area contributed by atoms with Gasteiger partial charge in [0, 0.05) is 30.2 Å². The summed E-state index contributed by atoms with van der Waals surface area (Å²) in [6, 6.07) is 10.2. The lowest BCUT2D eigenvalue weighted by atomic mass is 10.0. The molecular weight excluding hydrogens is 382 g/mol. The number of hydrogen-bond acceptors (Lipinski definition) is 4. The van der Waals surface area contributed by atoms with Crippen molar-refractivity contribution in [2.45, 2.75) is 26.2 Å². The molecule has 0 saturated heterocycles. The smallest absolute Gasteiger partial charge is 0.223 e. The first-order valence-corrected chi connectivity index (χ1v) is 10.1. The quantitative estimate of drug-likeness (QED) is 0.374. The molecule has 1 heterocycles. The van der Waals surface area contributed by atoms with Crippen LogP contribution in [0.5, 0.6) is 0 Å². The minimum Gasteiger partial charge on any atom is -0.370 e. The van der Waals surface area contributed by atoms with E-state index in [9.17, 15) is 4.79 Å².